The zero-order chi connectivity index (χ0) is 28.5. The average Bonchev–Trinajstić information content (AvgIpc) is 3.45. The minimum atomic E-state index is -5.00. The van der Waals surface area contributed by atoms with Crippen LogP contribution in [0.3, 0.4) is 0 Å². The molecule has 0 saturated heterocycles. The topological polar surface area (TPSA) is 173 Å². The predicted octanol–water partition coefficient (Wildman–Crippen LogP) is 1.20. The van der Waals surface area contributed by atoms with Crippen LogP contribution in [0.2, 0.25) is 5.02 Å². The van der Waals surface area contributed by atoms with Gasteiger partial charge in [0.05, 0.1) is 13.7 Å². The van der Waals surface area contributed by atoms with Crippen LogP contribution in [0.5, 0.6) is 0 Å². The summed E-state index contributed by atoms with van der Waals surface area (Å²) >= 11 is 5.89. The van der Waals surface area contributed by atoms with Crippen molar-refractivity contribution in [2.45, 2.75) is 25.4 Å². The fraction of sp³-hybridized carbons (Fsp3) is 0.227. The maximum atomic E-state index is 13.1. The highest BCUT2D eigenvalue weighted by molar-refractivity contribution is 6.30. The largest absolute Gasteiger partial charge is 0.465 e. The number of aliphatic hydroxyl groups is 1. The van der Waals surface area contributed by atoms with Crippen LogP contribution in [0.1, 0.15) is 26.8 Å². The van der Waals surface area contributed by atoms with Gasteiger partial charge in [0.1, 0.15) is 12.1 Å². The number of alkyl halides is 3. The number of esters is 1. The molecule has 0 bridgehead atoms. The fourth-order valence-electron chi connectivity index (χ4n) is 3.50. The van der Waals surface area contributed by atoms with Crippen molar-refractivity contribution in [2.24, 2.45) is 5.73 Å². The van der Waals surface area contributed by atoms with E-state index in [-0.39, 0.29) is 28.6 Å². The van der Waals surface area contributed by atoms with Gasteiger partial charge in [0.2, 0.25) is 5.82 Å². The molecule has 17 heteroatoms. The zero-order valence-corrected chi connectivity index (χ0v) is 20.6. The Balaban J connectivity index is 1.80. The van der Waals surface area contributed by atoms with Crippen molar-refractivity contribution in [3.05, 3.63) is 75.3 Å². The van der Waals surface area contributed by atoms with Crippen LogP contribution in [-0.4, -0.2) is 70.5 Å². The number of methoxy groups -OCH3 is 1. The Morgan fingerprint density at radius 2 is 1.87 bits per heavy atom. The van der Waals surface area contributed by atoms with Crippen molar-refractivity contribution in [1.82, 2.24) is 34.1 Å². The molecular weight excluding hydrogens is 549 g/mol. The monoisotopic (exact) mass is 566 g/mol. The highest BCUT2D eigenvalue weighted by Gasteiger charge is 2.39. The van der Waals surface area contributed by atoms with Crippen molar-refractivity contribution in [3.63, 3.8) is 0 Å². The van der Waals surface area contributed by atoms with Gasteiger partial charge in [0.15, 0.2) is 23.6 Å². The number of benzene rings is 1. The Morgan fingerprint density at radius 3 is 2.49 bits per heavy atom. The number of aromatic nitrogens is 7. The van der Waals surface area contributed by atoms with E-state index < -0.39 is 48.8 Å². The van der Waals surface area contributed by atoms with Crippen LogP contribution in [0.25, 0.3) is 17.2 Å². The van der Waals surface area contributed by atoms with Crippen LogP contribution in [0.15, 0.2) is 47.4 Å². The Hall–Kier alpha value is -4.57. The molecule has 0 aliphatic carbocycles. The lowest BCUT2D eigenvalue weighted by atomic mass is 10.2. The van der Waals surface area contributed by atoms with E-state index in [1.807, 2.05) is 0 Å². The third-order valence-corrected chi connectivity index (χ3v) is 5.57. The number of aliphatic hydroxyl groups excluding tert-OH is 1. The molecule has 3 N–H and O–H groups in total. The lowest BCUT2D eigenvalue weighted by Gasteiger charge is -2.15. The van der Waals surface area contributed by atoms with E-state index in [9.17, 15) is 32.7 Å². The van der Waals surface area contributed by atoms with Gasteiger partial charge < -0.3 is 15.6 Å². The first-order valence-electron chi connectivity index (χ1n) is 10.9. The molecule has 4 aromatic rings. The number of hydrogen-bond acceptors (Lipinski definition) is 9. The molecule has 1 atom stereocenters. The maximum absolute atomic E-state index is 13.1. The molecule has 1 unspecified atom stereocenters. The van der Waals surface area contributed by atoms with Crippen LogP contribution < -0.4 is 11.4 Å². The number of amides is 1. The number of nitrogens with zero attached hydrogens (tertiary/aromatic N) is 7. The van der Waals surface area contributed by atoms with Gasteiger partial charge in [-0.05, 0) is 36.4 Å². The van der Waals surface area contributed by atoms with Gasteiger partial charge >= 0.3 is 17.8 Å². The van der Waals surface area contributed by atoms with Gasteiger partial charge in [0.25, 0.3) is 5.91 Å². The van der Waals surface area contributed by atoms with Gasteiger partial charge in [0, 0.05) is 16.8 Å². The molecule has 1 amide bonds. The molecule has 3 heterocycles. The number of hydrogen-bond donors (Lipinski definition) is 2. The van der Waals surface area contributed by atoms with Crippen LogP contribution >= 0.6 is 11.6 Å². The third kappa shape index (κ3) is 5.65. The Labute approximate surface area is 221 Å². The Kier molecular flexibility index (Phi) is 7.51. The molecule has 39 heavy (non-hydrogen) atoms. The van der Waals surface area contributed by atoms with E-state index in [1.165, 1.54) is 42.6 Å². The summed E-state index contributed by atoms with van der Waals surface area (Å²) in [5.74, 6) is -2.86. The quantitative estimate of drug-likeness (QED) is 0.297. The first kappa shape index (κ1) is 27.5. The molecular formula is C22H18ClF3N8O5. The summed E-state index contributed by atoms with van der Waals surface area (Å²) in [6.45, 7) is -1.67. The molecule has 0 aliphatic rings. The van der Waals surface area contributed by atoms with Gasteiger partial charge in [-0.25, -0.2) is 24.2 Å². The minimum absolute atomic E-state index is 0.0773. The molecule has 3 aromatic heterocycles. The van der Waals surface area contributed by atoms with Crippen molar-refractivity contribution >= 4 is 23.5 Å². The molecule has 0 radical (unpaired) electrons. The number of pyridine rings is 1. The summed E-state index contributed by atoms with van der Waals surface area (Å²) in [6.07, 6.45) is -6.56. The number of ether oxygens (including phenoxy) is 1. The van der Waals surface area contributed by atoms with Gasteiger partial charge in [-0.15, -0.1) is 10.2 Å². The Morgan fingerprint density at radius 1 is 1.18 bits per heavy atom. The van der Waals surface area contributed by atoms with Crippen LogP contribution in [-0.2, 0) is 17.8 Å². The van der Waals surface area contributed by atoms with E-state index in [1.54, 1.807) is 0 Å². The summed E-state index contributed by atoms with van der Waals surface area (Å²) in [6, 6.07) is 8.54. The molecule has 4 rings (SSSR count). The highest BCUT2D eigenvalue weighted by atomic mass is 35.5. The number of nitrogens with two attached hydrogens (primary N) is 1. The summed E-state index contributed by atoms with van der Waals surface area (Å²) < 4.78 is 46.2. The second-order valence-electron chi connectivity index (χ2n) is 7.93. The molecule has 0 saturated carbocycles. The average molecular weight is 567 g/mol. The summed E-state index contributed by atoms with van der Waals surface area (Å²) in [5.41, 5.74) is 4.54. The number of rotatable bonds is 8. The molecule has 1 aromatic carbocycles. The van der Waals surface area contributed by atoms with Crippen molar-refractivity contribution in [3.8, 4) is 17.2 Å². The van der Waals surface area contributed by atoms with E-state index in [4.69, 9.17) is 22.1 Å². The smallest absolute Gasteiger partial charge is 0.416 e. The van der Waals surface area contributed by atoms with Gasteiger partial charge in [-0.1, -0.05) is 11.6 Å². The Bertz CT molecular complexity index is 1600. The van der Waals surface area contributed by atoms with Crippen LogP contribution in [0.4, 0.5) is 13.2 Å². The number of carbonyl (C=O) groups excluding carboxylic acids is 2. The first-order chi connectivity index (χ1) is 18.4. The highest BCUT2D eigenvalue weighted by Crippen LogP contribution is 2.24. The number of carbonyl (C=O) groups is 2. The standard InChI is InChI=1S/C22H18ClF3N8O5/c1-39-20(37)13-3-2-8-28-18(13)34-19(16(27)36)29-15(30-34)10-33-21(38)32(9-14(35)22(24,25)26)17(31-33)11-4-6-12(23)7-5-11/h2-8,14,35H,9-10H2,1H3,(H2,27,36). The molecule has 0 aliphatic heterocycles. The van der Waals surface area contributed by atoms with E-state index in [2.05, 4.69) is 20.2 Å². The normalized spacial score (nSPS) is 12.4. The second-order valence-corrected chi connectivity index (χ2v) is 8.37. The van der Waals surface area contributed by atoms with Crippen molar-refractivity contribution in [2.75, 3.05) is 7.11 Å². The van der Waals surface area contributed by atoms with Gasteiger partial charge in [-0.2, -0.15) is 17.9 Å². The van der Waals surface area contributed by atoms with E-state index >= 15 is 0 Å². The molecule has 204 valence electrons. The summed E-state index contributed by atoms with van der Waals surface area (Å²) in [5, 5.41) is 18.2. The number of primary amides is 1. The first-order valence-corrected chi connectivity index (χ1v) is 11.3. The lowest BCUT2D eigenvalue weighted by Crippen LogP contribution is -2.37. The van der Waals surface area contributed by atoms with Crippen LogP contribution in [0, 0.1) is 0 Å². The fourth-order valence-corrected chi connectivity index (χ4v) is 3.62. The van der Waals surface area contributed by atoms with Gasteiger partial charge in [-0.3, -0.25) is 9.36 Å². The van der Waals surface area contributed by atoms with E-state index in [0.717, 1.165) is 16.5 Å². The predicted molar refractivity (Wildman–Crippen MR) is 127 cm³/mol. The summed E-state index contributed by atoms with van der Waals surface area (Å²) in [7, 11) is 1.14. The second kappa shape index (κ2) is 10.7. The minimum Gasteiger partial charge on any atom is -0.465 e. The van der Waals surface area contributed by atoms with Crippen molar-refractivity contribution < 1.29 is 32.6 Å². The molecule has 0 spiro atoms. The maximum Gasteiger partial charge on any atom is 0.416 e. The molecule has 13 nitrogen and oxygen atoms in total. The SMILES string of the molecule is COC(=O)c1cccnc1-n1nc(Cn2nc(-c3ccc(Cl)cc3)n(CC(O)C(F)(F)F)c2=O)nc1C(N)=O. The third-order valence-electron chi connectivity index (χ3n) is 5.31. The number of halogens is 4. The zero-order valence-electron chi connectivity index (χ0n) is 19.8. The summed E-state index contributed by atoms with van der Waals surface area (Å²) in [4.78, 5) is 45.4. The van der Waals surface area contributed by atoms with E-state index in [0.29, 0.717) is 9.59 Å². The van der Waals surface area contributed by atoms with Crippen molar-refractivity contribution in [1.29, 1.82) is 0 Å². The lowest BCUT2D eigenvalue weighted by molar-refractivity contribution is -0.207. The molecule has 0 fully saturated rings.